The third-order valence-corrected chi connectivity index (χ3v) is 15.1. The molecule has 1 heterocycles. The van der Waals surface area contributed by atoms with Gasteiger partial charge in [0.15, 0.2) is 0 Å². The fraction of sp³-hybridized carbons (Fsp3) is 0.143. The second-order valence-corrected chi connectivity index (χ2v) is 18.8. The molecule has 0 aliphatic heterocycles. The molecular weight excluding hydrogens is 785 g/mol. The Balaban J connectivity index is 0.965. The number of aromatic nitrogens is 1. The molecule has 8 aromatic rings. The van der Waals surface area contributed by atoms with E-state index in [1.165, 1.54) is 94.4 Å². The van der Waals surface area contributed by atoms with Gasteiger partial charge in [0.1, 0.15) is 0 Å². The smallest absolute Gasteiger partial charge is 0.0688 e. The van der Waals surface area contributed by atoms with Crippen LogP contribution in [0.5, 0.6) is 0 Å². The second-order valence-electron chi connectivity index (χ2n) is 18.8. The molecule has 3 unspecified atom stereocenters. The molecular formula is C63H50N2. The Morgan fingerprint density at radius 1 is 0.585 bits per heavy atom. The van der Waals surface area contributed by atoms with Gasteiger partial charge in [0.25, 0.3) is 0 Å². The van der Waals surface area contributed by atoms with Crippen molar-refractivity contribution in [2.24, 2.45) is 11.8 Å². The molecule has 1 aromatic heterocycles. The van der Waals surface area contributed by atoms with E-state index in [0.717, 1.165) is 37.1 Å². The topological polar surface area (TPSA) is 8.17 Å². The largest absolute Gasteiger partial charge is 0.310 e. The number of anilines is 3. The van der Waals surface area contributed by atoms with E-state index in [-0.39, 0.29) is 5.41 Å². The van der Waals surface area contributed by atoms with E-state index in [1.807, 2.05) is 0 Å². The van der Waals surface area contributed by atoms with Crippen molar-refractivity contribution in [1.82, 2.24) is 4.57 Å². The predicted octanol–water partition coefficient (Wildman–Crippen LogP) is 16.7. The normalized spacial score (nSPS) is 20.4. The SMILES string of the molecule is CC1C=CC2=C(C1)c1ccc(N(c3ccc(C4=CC=CCC4)cc3)c3ccc(-c4ccc5c(c4)c4ccccc4n5-c4ccccc4)cc3)cc1C21C2=C(C=CCC2C)c2ccccc21. The zero-order valence-corrected chi connectivity index (χ0v) is 37.0. The summed E-state index contributed by atoms with van der Waals surface area (Å²) in [5.41, 5.74) is 23.5. The first-order valence-electron chi connectivity index (χ1n) is 23.6. The summed E-state index contributed by atoms with van der Waals surface area (Å²) in [6.07, 6.45) is 20.8. The van der Waals surface area contributed by atoms with Crippen molar-refractivity contribution in [3.63, 3.8) is 0 Å². The van der Waals surface area contributed by atoms with E-state index in [0.29, 0.717) is 11.8 Å². The summed E-state index contributed by atoms with van der Waals surface area (Å²) < 4.78 is 2.39. The van der Waals surface area contributed by atoms with Crippen molar-refractivity contribution >= 4 is 55.6 Å². The van der Waals surface area contributed by atoms with Crippen LogP contribution in [0, 0.1) is 11.8 Å². The molecule has 312 valence electrons. The van der Waals surface area contributed by atoms with Gasteiger partial charge in [0.2, 0.25) is 0 Å². The summed E-state index contributed by atoms with van der Waals surface area (Å²) in [7, 11) is 0. The fourth-order valence-electron chi connectivity index (χ4n) is 12.2. The van der Waals surface area contributed by atoms with Crippen LogP contribution in [0.15, 0.2) is 217 Å². The molecule has 7 aromatic carbocycles. The van der Waals surface area contributed by atoms with Crippen molar-refractivity contribution in [2.75, 3.05) is 4.90 Å². The lowest BCUT2D eigenvalue weighted by Crippen LogP contribution is -2.32. The Labute approximate surface area is 382 Å². The Bertz CT molecular complexity index is 3440. The minimum absolute atomic E-state index is 0.323. The van der Waals surface area contributed by atoms with Gasteiger partial charge in [0.05, 0.1) is 16.4 Å². The van der Waals surface area contributed by atoms with Crippen LogP contribution in [0.2, 0.25) is 0 Å². The van der Waals surface area contributed by atoms with Gasteiger partial charge in [-0.15, -0.1) is 0 Å². The lowest BCUT2D eigenvalue weighted by Gasteiger charge is -2.38. The summed E-state index contributed by atoms with van der Waals surface area (Å²) in [6, 6.07) is 61.7. The number of para-hydroxylation sites is 2. The van der Waals surface area contributed by atoms with E-state index in [2.05, 4.69) is 230 Å². The molecule has 2 heteroatoms. The Morgan fingerprint density at radius 2 is 1.31 bits per heavy atom. The Kier molecular flexibility index (Phi) is 8.68. The average molecular weight is 835 g/mol. The zero-order chi connectivity index (χ0) is 43.2. The molecule has 0 saturated heterocycles. The van der Waals surface area contributed by atoms with E-state index in [9.17, 15) is 0 Å². The standard InChI is InChI=1S/C63H50N2/c1-41-24-36-58-55(38-41)52-35-34-50(40-59(52)63(58)57-22-11-9-19-51(57)54-21-13-14-42(2)62(54)63)64(48-30-25-44(26-31-48)43-15-5-3-6-16-43)49-32-27-45(28-33-49)46-29-37-61-56(39-46)53-20-10-12-23-60(53)65(61)47-17-7-4-8-18-47/h3-5,7-13,15,17-37,39-42H,6,14,16,38H2,1-2H3. The molecule has 2 nitrogen and oxygen atoms in total. The number of hydrogen-bond acceptors (Lipinski definition) is 1. The van der Waals surface area contributed by atoms with Gasteiger partial charge in [-0.05, 0) is 171 Å². The minimum atomic E-state index is -0.323. The van der Waals surface area contributed by atoms with E-state index < -0.39 is 0 Å². The molecule has 1 spiro atoms. The van der Waals surface area contributed by atoms with Gasteiger partial charge in [-0.2, -0.15) is 0 Å². The van der Waals surface area contributed by atoms with Crippen molar-refractivity contribution in [2.45, 2.75) is 44.9 Å². The van der Waals surface area contributed by atoms with Gasteiger partial charge in [0, 0.05) is 33.5 Å². The molecule has 5 aliphatic rings. The van der Waals surface area contributed by atoms with E-state index in [1.54, 1.807) is 5.57 Å². The van der Waals surface area contributed by atoms with Crippen LogP contribution >= 0.6 is 0 Å². The van der Waals surface area contributed by atoms with Crippen LogP contribution in [0.1, 0.15) is 67.3 Å². The van der Waals surface area contributed by atoms with Crippen LogP contribution in [-0.2, 0) is 5.41 Å². The van der Waals surface area contributed by atoms with Crippen molar-refractivity contribution in [1.29, 1.82) is 0 Å². The lowest BCUT2D eigenvalue weighted by molar-refractivity contribution is 0.586. The summed E-state index contributed by atoms with van der Waals surface area (Å²) in [5, 5.41) is 2.53. The quantitative estimate of drug-likeness (QED) is 0.162. The Hall–Kier alpha value is -7.42. The van der Waals surface area contributed by atoms with Gasteiger partial charge >= 0.3 is 0 Å². The van der Waals surface area contributed by atoms with E-state index in [4.69, 9.17) is 0 Å². The van der Waals surface area contributed by atoms with E-state index >= 15 is 0 Å². The molecule has 0 bridgehead atoms. The first kappa shape index (κ1) is 38.1. The maximum absolute atomic E-state index is 2.57. The third kappa shape index (κ3) is 5.73. The summed E-state index contributed by atoms with van der Waals surface area (Å²) >= 11 is 0. The average Bonchev–Trinajstić information content (AvgIpc) is 3.96. The molecule has 5 aliphatic carbocycles. The minimum Gasteiger partial charge on any atom is -0.310 e. The number of benzene rings is 7. The molecule has 65 heavy (non-hydrogen) atoms. The second kappa shape index (κ2) is 14.8. The first-order chi connectivity index (χ1) is 32.1. The molecule has 13 rings (SSSR count). The van der Waals surface area contributed by atoms with Crippen LogP contribution in [0.3, 0.4) is 0 Å². The number of rotatable bonds is 6. The van der Waals surface area contributed by atoms with Crippen molar-refractivity contribution < 1.29 is 0 Å². The summed E-state index contributed by atoms with van der Waals surface area (Å²) in [5.74, 6) is 0.921. The van der Waals surface area contributed by atoms with Gasteiger partial charge in [-0.3, -0.25) is 0 Å². The first-order valence-corrected chi connectivity index (χ1v) is 23.6. The zero-order valence-electron chi connectivity index (χ0n) is 37.0. The van der Waals surface area contributed by atoms with Gasteiger partial charge in [-0.1, -0.05) is 153 Å². The number of allylic oxidation sites excluding steroid dienone is 12. The van der Waals surface area contributed by atoms with Crippen molar-refractivity contribution in [3.8, 4) is 16.8 Å². The molecule has 0 radical (unpaired) electrons. The highest BCUT2D eigenvalue weighted by molar-refractivity contribution is 6.10. The maximum atomic E-state index is 2.57. The van der Waals surface area contributed by atoms with Gasteiger partial charge in [-0.25, -0.2) is 0 Å². The number of nitrogens with zero attached hydrogens (tertiary/aromatic N) is 2. The maximum Gasteiger partial charge on any atom is 0.0688 e. The summed E-state index contributed by atoms with van der Waals surface area (Å²) in [4.78, 5) is 2.49. The summed E-state index contributed by atoms with van der Waals surface area (Å²) in [6.45, 7) is 4.82. The van der Waals surface area contributed by atoms with Crippen molar-refractivity contribution in [3.05, 3.63) is 245 Å². The van der Waals surface area contributed by atoms with Crippen LogP contribution < -0.4 is 4.90 Å². The van der Waals surface area contributed by atoms with Gasteiger partial charge < -0.3 is 9.47 Å². The molecule has 0 N–H and O–H groups in total. The highest BCUT2D eigenvalue weighted by Crippen LogP contribution is 2.65. The third-order valence-electron chi connectivity index (χ3n) is 15.1. The Morgan fingerprint density at radius 3 is 2.12 bits per heavy atom. The van der Waals surface area contributed by atoms with Crippen LogP contribution in [0.4, 0.5) is 17.1 Å². The predicted molar refractivity (Wildman–Crippen MR) is 274 cm³/mol. The molecule has 3 atom stereocenters. The number of fused-ring (bicyclic) bond motifs is 11. The number of hydrogen-bond donors (Lipinski definition) is 0. The monoisotopic (exact) mass is 834 g/mol. The van der Waals surface area contributed by atoms with Crippen LogP contribution in [-0.4, -0.2) is 4.57 Å². The highest BCUT2D eigenvalue weighted by atomic mass is 15.1. The molecule has 0 fully saturated rings. The fourth-order valence-corrected chi connectivity index (χ4v) is 12.2. The van der Waals surface area contributed by atoms with Crippen LogP contribution in [0.25, 0.3) is 55.3 Å². The molecule has 0 saturated carbocycles. The highest BCUT2D eigenvalue weighted by Gasteiger charge is 2.55. The molecule has 0 amide bonds. The lowest BCUT2D eigenvalue weighted by atomic mass is 9.64.